The highest BCUT2D eigenvalue weighted by Gasteiger charge is 2.21. The predicted octanol–water partition coefficient (Wildman–Crippen LogP) is 12.4. The van der Waals surface area contributed by atoms with E-state index in [0.29, 0.717) is 11.6 Å². The Labute approximate surface area is 294 Å². The molecule has 4 heterocycles. The van der Waals surface area contributed by atoms with E-state index in [1.807, 2.05) is 24.3 Å². The monoisotopic (exact) mass is 658 g/mol. The first-order chi connectivity index (χ1) is 25.3. The van der Waals surface area contributed by atoms with Crippen molar-refractivity contribution in [3.05, 3.63) is 140 Å². The number of para-hydroxylation sites is 3. The average Bonchev–Trinajstić information content (AvgIpc) is 3.86. The van der Waals surface area contributed by atoms with Gasteiger partial charge in [0.25, 0.3) is 0 Å². The molecular weight excluding hydrogens is 625 g/mol. The Morgan fingerprint density at radius 1 is 0.510 bits per heavy atom. The number of benzene rings is 6. The third-order valence-corrected chi connectivity index (χ3v) is 11.2. The molecule has 0 spiro atoms. The number of rotatable bonds is 4. The Hall–Kier alpha value is -6.20. The lowest BCUT2D eigenvalue weighted by molar-refractivity contribution is 0.367. The van der Waals surface area contributed by atoms with Gasteiger partial charge in [-0.25, -0.2) is 9.97 Å². The van der Waals surface area contributed by atoms with Gasteiger partial charge in [0.15, 0.2) is 5.58 Å². The van der Waals surface area contributed by atoms with Gasteiger partial charge >= 0.3 is 0 Å². The fourth-order valence-electron chi connectivity index (χ4n) is 8.84. The van der Waals surface area contributed by atoms with Crippen LogP contribution in [0.2, 0.25) is 0 Å². The number of hydrogen-bond acceptors (Lipinski definition) is 3. The first-order valence-corrected chi connectivity index (χ1v) is 18.1. The van der Waals surface area contributed by atoms with Crippen LogP contribution in [0.3, 0.4) is 0 Å². The summed E-state index contributed by atoms with van der Waals surface area (Å²) in [4.78, 5) is 9.20. The summed E-state index contributed by atoms with van der Waals surface area (Å²) in [6.07, 6.45) is 8.17. The van der Waals surface area contributed by atoms with E-state index in [9.17, 15) is 0 Å². The fraction of sp³-hybridized carbons (Fsp3) is 0.130. The minimum atomic E-state index is 0.579. The van der Waals surface area contributed by atoms with Crippen LogP contribution in [0.5, 0.6) is 0 Å². The van der Waals surface area contributed by atoms with Crippen molar-refractivity contribution in [1.29, 1.82) is 0 Å². The van der Waals surface area contributed by atoms with E-state index in [1.165, 1.54) is 86.8 Å². The first-order valence-electron chi connectivity index (χ1n) is 18.1. The second kappa shape index (κ2) is 11.2. The molecule has 4 aromatic heterocycles. The van der Waals surface area contributed by atoms with Crippen LogP contribution < -0.4 is 0 Å². The molecule has 0 unspecified atom stereocenters. The van der Waals surface area contributed by atoms with E-state index >= 15 is 0 Å². The molecule has 0 aliphatic heterocycles. The molecule has 11 rings (SSSR count). The van der Waals surface area contributed by atoms with Crippen molar-refractivity contribution in [2.75, 3.05) is 0 Å². The van der Waals surface area contributed by atoms with Crippen LogP contribution in [-0.4, -0.2) is 19.1 Å². The number of furan rings is 1. The van der Waals surface area contributed by atoms with Gasteiger partial charge < -0.3 is 13.6 Å². The second-order valence-electron chi connectivity index (χ2n) is 14.0. The molecule has 0 radical (unpaired) electrons. The zero-order valence-electron chi connectivity index (χ0n) is 28.1. The molecule has 0 N–H and O–H groups in total. The molecule has 5 heteroatoms. The van der Waals surface area contributed by atoms with E-state index in [2.05, 4.69) is 128 Å². The highest BCUT2D eigenvalue weighted by molar-refractivity contribution is 6.12. The minimum Gasteiger partial charge on any atom is -0.452 e. The van der Waals surface area contributed by atoms with Crippen LogP contribution in [0.4, 0.5) is 0 Å². The van der Waals surface area contributed by atoms with E-state index in [4.69, 9.17) is 4.42 Å². The van der Waals surface area contributed by atoms with Gasteiger partial charge in [0.05, 0.1) is 11.0 Å². The number of fused-ring (bicyclic) bond motifs is 9. The van der Waals surface area contributed by atoms with Crippen LogP contribution in [0, 0.1) is 0 Å². The van der Waals surface area contributed by atoms with E-state index < -0.39 is 0 Å². The van der Waals surface area contributed by atoms with Crippen LogP contribution in [-0.2, 0) is 0 Å². The second-order valence-corrected chi connectivity index (χ2v) is 14.0. The summed E-state index contributed by atoms with van der Waals surface area (Å²) in [6.45, 7) is 0. The van der Waals surface area contributed by atoms with Crippen LogP contribution >= 0.6 is 0 Å². The third-order valence-electron chi connectivity index (χ3n) is 11.2. The maximum Gasteiger partial charge on any atom is 0.180 e. The standard InChI is InChI=1S/C46H34N4O/c1-2-10-32(11-3-1)49-39-15-7-4-12-34(39)37-26-30(20-24-41(37)49)31-21-25-42-38(27-31)35-13-5-8-16-40(35)50(42)33-22-18-29(19-23-33)44-46-45(48-28-47-44)36-14-6-9-17-43(36)51-46/h4-9,12-28,32H,1-3,10-11H2. The summed E-state index contributed by atoms with van der Waals surface area (Å²) in [5.41, 5.74) is 12.8. The fourth-order valence-corrected chi connectivity index (χ4v) is 8.84. The lowest BCUT2D eigenvalue weighted by Gasteiger charge is -2.25. The van der Waals surface area contributed by atoms with Crippen LogP contribution in [0.25, 0.3) is 93.8 Å². The summed E-state index contributed by atoms with van der Waals surface area (Å²) < 4.78 is 11.3. The average molecular weight is 659 g/mol. The van der Waals surface area contributed by atoms with E-state index in [0.717, 1.165) is 33.4 Å². The Kier molecular flexibility index (Phi) is 6.26. The van der Waals surface area contributed by atoms with Gasteiger partial charge in [0.2, 0.25) is 0 Å². The molecule has 5 nitrogen and oxygen atoms in total. The van der Waals surface area contributed by atoms with Gasteiger partial charge in [-0.15, -0.1) is 0 Å². The lowest BCUT2D eigenvalue weighted by atomic mass is 9.95. The van der Waals surface area contributed by atoms with Crippen LogP contribution in [0.15, 0.2) is 144 Å². The molecule has 0 atom stereocenters. The molecule has 51 heavy (non-hydrogen) atoms. The van der Waals surface area contributed by atoms with Crippen LogP contribution in [0.1, 0.15) is 38.1 Å². The number of hydrogen-bond donors (Lipinski definition) is 0. The normalized spacial score (nSPS) is 14.2. The Morgan fingerprint density at radius 2 is 1.10 bits per heavy atom. The predicted molar refractivity (Wildman–Crippen MR) is 210 cm³/mol. The highest BCUT2D eigenvalue weighted by atomic mass is 16.3. The van der Waals surface area contributed by atoms with Crippen molar-refractivity contribution in [1.82, 2.24) is 19.1 Å². The summed E-state index contributed by atoms with van der Waals surface area (Å²) in [7, 11) is 0. The summed E-state index contributed by atoms with van der Waals surface area (Å²) in [5, 5.41) is 6.19. The molecule has 1 aliphatic rings. The number of nitrogens with zero attached hydrogens (tertiary/aromatic N) is 4. The molecule has 0 saturated heterocycles. The molecule has 1 saturated carbocycles. The number of aromatic nitrogens is 4. The summed E-state index contributed by atoms with van der Waals surface area (Å²) in [5.74, 6) is 0. The van der Waals surface area contributed by atoms with E-state index in [-0.39, 0.29) is 0 Å². The molecular formula is C46H34N4O. The largest absolute Gasteiger partial charge is 0.452 e. The molecule has 6 aromatic carbocycles. The molecule has 1 fully saturated rings. The topological polar surface area (TPSA) is 48.8 Å². The van der Waals surface area contributed by atoms with Gasteiger partial charge in [0.1, 0.15) is 23.1 Å². The minimum absolute atomic E-state index is 0.579. The van der Waals surface area contributed by atoms with Gasteiger partial charge in [-0.1, -0.05) is 92.1 Å². The third kappa shape index (κ3) is 4.34. The molecule has 0 bridgehead atoms. The van der Waals surface area contributed by atoms with Gasteiger partial charge in [-0.05, 0) is 84.6 Å². The summed E-state index contributed by atoms with van der Waals surface area (Å²) >= 11 is 0. The van der Waals surface area contributed by atoms with Crippen molar-refractivity contribution < 1.29 is 4.42 Å². The van der Waals surface area contributed by atoms with Gasteiger partial charge in [-0.3, -0.25) is 0 Å². The molecule has 0 amide bonds. The van der Waals surface area contributed by atoms with E-state index in [1.54, 1.807) is 6.33 Å². The smallest absolute Gasteiger partial charge is 0.180 e. The van der Waals surface area contributed by atoms with Crippen molar-refractivity contribution in [3.8, 4) is 28.1 Å². The molecule has 10 aromatic rings. The SMILES string of the molecule is c1ccc2c(c1)oc1c(-c3ccc(-n4c5ccccc5c5cc(-c6ccc7c(c6)c6ccccc6n7C6CCCCC6)ccc54)cc3)ncnc12. The van der Waals surface area contributed by atoms with Crippen molar-refractivity contribution in [2.45, 2.75) is 38.1 Å². The van der Waals surface area contributed by atoms with Gasteiger partial charge in [-0.2, -0.15) is 0 Å². The Bertz CT molecular complexity index is 2960. The lowest BCUT2D eigenvalue weighted by Crippen LogP contribution is -2.12. The van der Waals surface area contributed by atoms with Crippen molar-refractivity contribution >= 4 is 65.7 Å². The van der Waals surface area contributed by atoms with Gasteiger partial charge in [0, 0.05) is 55.3 Å². The maximum atomic E-state index is 6.25. The molecule has 1 aliphatic carbocycles. The highest BCUT2D eigenvalue weighted by Crippen LogP contribution is 2.41. The Morgan fingerprint density at radius 3 is 1.88 bits per heavy atom. The quantitative estimate of drug-likeness (QED) is 0.189. The van der Waals surface area contributed by atoms with Crippen molar-refractivity contribution in [3.63, 3.8) is 0 Å². The van der Waals surface area contributed by atoms with Crippen molar-refractivity contribution in [2.24, 2.45) is 0 Å². The zero-order valence-corrected chi connectivity index (χ0v) is 28.1. The Balaban J connectivity index is 1.02. The first kappa shape index (κ1) is 28.6. The molecule has 244 valence electrons. The zero-order chi connectivity index (χ0) is 33.5. The maximum absolute atomic E-state index is 6.25. The summed E-state index contributed by atoms with van der Waals surface area (Å²) in [6, 6.07) is 49.0.